The van der Waals surface area contributed by atoms with Gasteiger partial charge in [-0.15, -0.1) is 0 Å². The Hall–Kier alpha value is -3.61. The number of hydrogen-bond acceptors (Lipinski definition) is 8. The van der Waals surface area contributed by atoms with Crippen molar-refractivity contribution in [2.75, 3.05) is 5.43 Å². The molecule has 0 fully saturated rings. The molecule has 10 nitrogen and oxygen atoms in total. The van der Waals surface area contributed by atoms with E-state index in [4.69, 9.17) is 4.74 Å². The SMILES string of the molecule is O=[N+]([O-])c1ccc(N/N=C/c2ccc(OCc3cccc([N+](=O)[O-])c3)c(I)c2)nc1. The van der Waals surface area contributed by atoms with Crippen LogP contribution in [-0.4, -0.2) is 21.0 Å². The van der Waals surface area contributed by atoms with Gasteiger partial charge in [-0.3, -0.25) is 25.7 Å². The molecule has 0 saturated heterocycles. The number of nitrogens with zero attached hydrogens (tertiary/aromatic N) is 4. The number of anilines is 1. The first-order valence-corrected chi connectivity index (χ1v) is 9.55. The van der Waals surface area contributed by atoms with E-state index < -0.39 is 9.85 Å². The number of ether oxygens (including phenoxy) is 1. The fourth-order valence-electron chi connectivity index (χ4n) is 2.37. The van der Waals surface area contributed by atoms with Crippen LogP contribution < -0.4 is 10.2 Å². The highest BCUT2D eigenvalue weighted by molar-refractivity contribution is 14.1. The topological polar surface area (TPSA) is 133 Å². The summed E-state index contributed by atoms with van der Waals surface area (Å²) in [6, 6.07) is 14.5. The van der Waals surface area contributed by atoms with Gasteiger partial charge in [0, 0.05) is 18.2 Å². The van der Waals surface area contributed by atoms with Gasteiger partial charge >= 0.3 is 0 Å². The quantitative estimate of drug-likeness (QED) is 0.200. The number of pyridine rings is 1. The minimum atomic E-state index is -0.523. The van der Waals surface area contributed by atoms with Crippen molar-refractivity contribution in [1.29, 1.82) is 0 Å². The van der Waals surface area contributed by atoms with E-state index in [0.717, 1.165) is 15.3 Å². The summed E-state index contributed by atoms with van der Waals surface area (Å²) in [6.07, 6.45) is 2.73. The first-order chi connectivity index (χ1) is 14.4. The van der Waals surface area contributed by atoms with E-state index in [-0.39, 0.29) is 18.0 Å². The van der Waals surface area contributed by atoms with E-state index in [2.05, 4.69) is 38.1 Å². The number of hydrazone groups is 1. The molecule has 3 aromatic rings. The minimum absolute atomic E-state index is 0.0207. The summed E-state index contributed by atoms with van der Waals surface area (Å²) >= 11 is 2.13. The molecule has 1 aromatic heterocycles. The minimum Gasteiger partial charge on any atom is -0.488 e. The van der Waals surface area contributed by atoms with E-state index in [0.29, 0.717) is 17.1 Å². The van der Waals surface area contributed by atoms with Crippen molar-refractivity contribution in [2.24, 2.45) is 5.10 Å². The van der Waals surface area contributed by atoms with E-state index >= 15 is 0 Å². The Morgan fingerprint density at radius 3 is 2.53 bits per heavy atom. The number of nitro groups is 2. The molecule has 0 radical (unpaired) electrons. The first-order valence-electron chi connectivity index (χ1n) is 8.47. The van der Waals surface area contributed by atoms with Crippen molar-refractivity contribution in [3.8, 4) is 5.75 Å². The average molecular weight is 519 g/mol. The highest BCUT2D eigenvalue weighted by atomic mass is 127. The zero-order valence-corrected chi connectivity index (χ0v) is 17.4. The summed E-state index contributed by atoms with van der Waals surface area (Å²) in [4.78, 5) is 24.4. The predicted octanol–water partition coefficient (Wildman–Crippen LogP) is 4.53. The summed E-state index contributed by atoms with van der Waals surface area (Å²) in [6.45, 7) is 0.207. The number of nitro benzene ring substituents is 1. The van der Waals surface area contributed by atoms with Crippen LogP contribution in [0.2, 0.25) is 0 Å². The van der Waals surface area contributed by atoms with Gasteiger partial charge in [-0.05, 0) is 58.0 Å². The summed E-state index contributed by atoms with van der Waals surface area (Å²) in [5.41, 5.74) is 4.13. The molecule has 30 heavy (non-hydrogen) atoms. The highest BCUT2D eigenvalue weighted by Gasteiger charge is 2.08. The van der Waals surface area contributed by atoms with Gasteiger partial charge < -0.3 is 4.74 Å². The lowest BCUT2D eigenvalue weighted by Gasteiger charge is -2.09. The van der Waals surface area contributed by atoms with Crippen molar-refractivity contribution >= 4 is 46.0 Å². The van der Waals surface area contributed by atoms with Crippen molar-refractivity contribution in [3.63, 3.8) is 0 Å². The Bertz CT molecular complexity index is 1100. The van der Waals surface area contributed by atoms with E-state index in [9.17, 15) is 20.2 Å². The molecule has 3 rings (SSSR count). The lowest BCUT2D eigenvalue weighted by atomic mass is 10.2. The molecule has 2 aromatic carbocycles. The molecule has 0 atom stereocenters. The summed E-state index contributed by atoms with van der Waals surface area (Å²) in [5.74, 6) is 1.02. The van der Waals surface area contributed by atoms with Crippen LogP contribution in [0.3, 0.4) is 0 Å². The maximum atomic E-state index is 10.9. The lowest BCUT2D eigenvalue weighted by molar-refractivity contribution is -0.385. The van der Waals surface area contributed by atoms with E-state index in [1.807, 2.05) is 6.07 Å². The van der Waals surface area contributed by atoms with Crippen LogP contribution in [-0.2, 0) is 6.61 Å². The van der Waals surface area contributed by atoms with Crippen molar-refractivity contribution < 1.29 is 14.6 Å². The molecule has 1 N–H and O–H groups in total. The largest absolute Gasteiger partial charge is 0.488 e. The lowest BCUT2D eigenvalue weighted by Crippen LogP contribution is -1.99. The Kier molecular flexibility index (Phi) is 6.85. The van der Waals surface area contributed by atoms with Gasteiger partial charge in [0.15, 0.2) is 0 Å². The molecule has 152 valence electrons. The molecule has 0 unspecified atom stereocenters. The van der Waals surface area contributed by atoms with Crippen LogP contribution in [0.5, 0.6) is 5.75 Å². The molecule has 0 bridgehead atoms. The second-order valence-corrected chi connectivity index (χ2v) is 7.10. The van der Waals surface area contributed by atoms with Gasteiger partial charge in [-0.25, -0.2) is 4.98 Å². The number of nitrogens with one attached hydrogen (secondary N) is 1. The molecule has 0 amide bonds. The third-order valence-electron chi connectivity index (χ3n) is 3.82. The molecule has 0 saturated carbocycles. The van der Waals surface area contributed by atoms with Crippen LogP contribution in [0, 0.1) is 23.8 Å². The molecular formula is C19H14IN5O5. The molecule has 0 spiro atoms. The second-order valence-electron chi connectivity index (χ2n) is 5.93. The monoisotopic (exact) mass is 519 g/mol. The fraction of sp³-hybridized carbons (Fsp3) is 0.0526. The summed E-state index contributed by atoms with van der Waals surface area (Å²) in [5, 5.41) is 25.5. The normalized spacial score (nSPS) is 10.7. The molecular weight excluding hydrogens is 505 g/mol. The summed E-state index contributed by atoms with van der Waals surface area (Å²) < 4.78 is 6.60. The van der Waals surface area contributed by atoms with Gasteiger partial charge in [0.1, 0.15) is 24.4 Å². The van der Waals surface area contributed by atoms with Gasteiger partial charge in [-0.1, -0.05) is 12.1 Å². The number of rotatable bonds is 8. The highest BCUT2D eigenvalue weighted by Crippen LogP contribution is 2.23. The molecule has 0 aliphatic heterocycles. The predicted molar refractivity (Wildman–Crippen MR) is 119 cm³/mol. The number of hydrogen-bond donors (Lipinski definition) is 1. The number of halogens is 1. The Balaban J connectivity index is 1.59. The number of non-ortho nitro benzene ring substituents is 1. The molecule has 11 heteroatoms. The van der Waals surface area contributed by atoms with Gasteiger partial charge in [0.25, 0.3) is 11.4 Å². The standard InChI is InChI=1S/C19H14IN5O5/c20-17-9-13(10-22-23-19-7-5-16(11-21-19)25(28)29)4-6-18(17)30-12-14-2-1-3-15(8-14)24(26)27/h1-11H,12H2,(H,21,23)/b22-10+. The van der Waals surface area contributed by atoms with Crippen LogP contribution in [0.25, 0.3) is 0 Å². The first kappa shape index (κ1) is 21.1. The maximum absolute atomic E-state index is 10.9. The van der Waals surface area contributed by atoms with E-state index in [1.54, 1.807) is 30.5 Å². The fourth-order valence-corrected chi connectivity index (χ4v) is 3.06. The van der Waals surface area contributed by atoms with E-state index in [1.165, 1.54) is 24.3 Å². The zero-order chi connectivity index (χ0) is 21.5. The third kappa shape index (κ3) is 5.70. The molecule has 0 aliphatic rings. The van der Waals surface area contributed by atoms with Crippen LogP contribution in [0.15, 0.2) is 65.9 Å². The van der Waals surface area contributed by atoms with Gasteiger partial charge in [0.05, 0.1) is 19.6 Å². The van der Waals surface area contributed by atoms with Crippen molar-refractivity contribution in [1.82, 2.24) is 4.98 Å². The number of benzene rings is 2. The zero-order valence-electron chi connectivity index (χ0n) is 15.3. The Morgan fingerprint density at radius 2 is 1.87 bits per heavy atom. The molecule has 0 aliphatic carbocycles. The maximum Gasteiger partial charge on any atom is 0.287 e. The summed E-state index contributed by atoms with van der Waals surface area (Å²) in [7, 11) is 0. The molecule has 1 heterocycles. The van der Waals surface area contributed by atoms with Crippen LogP contribution in [0.4, 0.5) is 17.2 Å². The Morgan fingerprint density at radius 1 is 1.07 bits per heavy atom. The van der Waals surface area contributed by atoms with Crippen LogP contribution >= 0.6 is 22.6 Å². The van der Waals surface area contributed by atoms with Gasteiger partial charge in [-0.2, -0.15) is 5.10 Å². The average Bonchev–Trinajstić information content (AvgIpc) is 2.73. The van der Waals surface area contributed by atoms with Crippen molar-refractivity contribution in [2.45, 2.75) is 6.61 Å². The smallest absolute Gasteiger partial charge is 0.287 e. The van der Waals surface area contributed by atoms with Crippen molar-refractivity contribution in [3.05, 3.63) is 95.7 Å². The van der Waals surface area contributed by atoms with Gasteiger partial charge in [0.2, 0.25) is 0 Å². The Labute approximate surface area is 184 Å². The second kappa shape index (κ2) is 9.73. The number of aromatic nitrogens is 1. The van der Waals surface area contributed by atoms with Crippen LogP contribution in [0.1, 0.15) is 11.1 Å². The third-order valence-corrected chi connectivity index (χ3v) is 4.67.